The first kappa shape index (κ1) is 11.2. The monoisotopic (exact) mass is 262 g/mol. The van der Waals surface area contributed by atoms with E-state index in [-0.39, 0.29) is 15.8 Å². The molecule has 16 heavy (non-hydrogen) atoms. The van der Waals surface area contributed by atoms with Crippen LogP contribution < -0.4 is 4.74 Å². The Morgan fingerprint density at radius 1 is 1.38 bits per heavy atom. The number of hydrogen-bond donors (Lipinski definition) is 1. The summed E-state index contributed by atoms with van der Waals surface area (Å²) in [6, 6.07) is 2.77. The second-order valence-electron chi connectivity index (χ2n) is 3.14. The Labute approximate surface area is 100 Å². The number of rotatable bonds is 1. The van der Waals surface area contributed by atoms with E-state index in [4.69, 9.17) is 33.0 Å². The van der Waals surface area contributed by atoms with Gasteiger partial charge in [0.05, 0.1) is 10.0 Å². The van der Waals surface area contributed by atoms with Crippen molar-refractivity contribution >= 4 is 35.2 Å². The van der Waals surface area contributed by atoms with Crippen LogP contribution in [0.15, 0.2) is 17.7 Å². The maximum Gasteiger partial charge on any atom is 0.338 e. The van der Waals surface area contributed by atoms with Crippen LogP contribution in [0.25, 0.3) is 6.08 Å². The van der Waals surface area contributed by atoms with E-state index in [1.54, 1.807) is 0 Å². The Bertz CT molecular complexity index is 499. The molecule has 1 aliphatic rings. The molecular formula is C10H5Cl2FO3. The first-order chi connectivity index (χ1) is 7.49. The maximum atomic E-state index is 13.3. The number of carboxylic acid groups (broad SMARTS) is 1. The molecule has 1 aliphatic heterocycles. The number of alkyl halides is 1. The second kappa shape index (κ2) is 3.96. The molecule has 1 atom stereocenters. The van der Waals surface area contributed by atoms with Crippen LogP contribution in [0.2, 0.25) is 10.0 Å². The molecule has 1 heterocycles. The Kier molecular flexibility index (Phi) is 2.78. The van der Waals surface area contributed by atoms with Crippen LogP contribution in [0, 0.1) is 0 Å². The molecular weight excluding hydrogens is 258 g/mol. The number of fused-ring (bicyclic) bond motifs is 1. The summed E-state index contributed by atoms with van der Waals surface area (Å²) in [6.45, 7) is 0. The molecule has 0 saturated carbocycles. The summed E-state index contributed by atoms with van der Waals surface area (Å²) in [6.07, 6.45) is -0.823. The summed E-state index contributed by atoms with van der Waals surface area (Å²) in [5.41, 5.74) is -0.0772. The predicted octanol–water partition coefficient (Wildman–Crippen LogP) is 3.15. The molecule has 84 valence electrons. The summed E-state index contributed by atoms with van der Waals surface area (Å²) in [5.74, 6) is -1.20. The average molecular weight is 263 g/mol. The highest BCUT2D eigenvalue weighted by molar-refractivity contribution is 6.42. The average Bonchev–Trinajstić information content (AvgIpc) is 2.19. The van der Waals surface area contributed by atoms with Gasteiger partial charge < -0.3 is 9.84 Å². The summed E-state index contributed by atoms with van der Waals surface area (Å²) >= 11 is 11.5. The molecule has 0 bridgehead atoms. The van der Waals surface area contributed by atoms with Gasteiger partial charge in [-0.15, -0.1) is 0 Å². The van der Waals surface area contributed by atoms with E-state index in [1.807, 2.05) is 0 Å². The van der Waals surface area contributed by atoms with Crippen molar-refractivity contribution in [1.29, 1.82) is 0 Å². The van der Waals surface area contributed by atoms with E-state index < -0.39 is 17.9 Å². The minimum atomic E-state index is -2.00. The van der Waals surface area contributed by atoms with Crippen molar-refractivity contribution in [3.63, 3.8) is 0 Å². The minimum Gasteiger partial charge on any atom is -0.478 e. The fourth-order valence-electron chi connectivity index (χ4n) is 1.33. The van der Waals surface area contributed by atoms with Gasteiger partial charge in [0.25, 0.3) is 6.36 Å². The van der Waals surface area contributed by atoms with E-state index in [0.29, 0.717) is 5.56 Å². The fourth-order valence-corrected chi connectivity index (χ4v) is 1.65. The van der Waals surface area contributed by atoms with Crippen molar-refractivity contribution in [3.05, 3.63) is 33.3 Å². The van der Waals surface area contributed by atoms with Gasteiger partial charge in [0.1, 0.15) is 11.3 Å². The quantitative estimate of drug-likeness (QED) is 0.846. The number of ether oxygens (including phenoxy) is 1. The molecule has 0 saturated heterocycles. The van der Waals surface area contributed by atoms with Crippen LogP contribution in [-0.2, 0) is 4.79 Å². The van der Waals surface area contributed by atoms with Gasteiger partial charge in [-0.1, -0.05) is 23.2 Å². The molecule has 0 radical (unpaired) electrons. The van der Waals surface area contributed by atoms with Gasteiger partial charge in [-0.05, 0) is 12.1 Å². The lowest BCUT2D eigenvalue weighted by Gasteiger charge is -2.19. The summed E-state index contributed by atoms with van der Waals surface area (Å²) < 4.78 is 18.0. The molecule has 0 spiro atoms. The minimum absolute atomic E-state index is 0.173. The standard InChI is InChI=1S/C10H5Cl2FO3/c11-6-2-4-1-5(10(14)15)9(13)16-8(4)3-7(6)12/h1-3,9H,(H,14,15). The molecule has 0 amide bonds. The molecule has 0 aliphatic carbocycles. The molecule has 0 aromatic heterocycles. The van der Waals surface area contributed by atoms with Crippen LogP contribution in [-0.4, -0.2) is 17.4 Å². The summed E-state index contributed by atoms with van der Waals surface area (Å²) in [7, 11) is 0. The number of halogens is 3. The smallest absolute Gasteiger partial charge is 0.338 e. The van der Waals surface area contributed by atoms with Crippen LogP contribution in [0.1, 0.15) is 5.56 Å². The summed E-state index contributed by atoms with van der Waals surface area (Å²) in [5, 5.41) is 9.18. The van der Waals surface area contributed by atoms with E-state index in [2.05, 4.69) is 0 Å². The lowest BCUT2D eigenvalue weighted by atomic mass is 10.1. The van der Waals surface area contributed by atoms with E-state index in [1.165, 1.54) is 18.2 Å². The number of hydrogen-bond acceptors (Lipinski definition) is 2. The molecule has 6 heteroatoms. The van der Waals surface area contributed by atoms with Crippen LogP contribution >= 0.6 is 23.2 Å². The van der Waals surface area contributed by atoms with Crippen molar-refractivity contribution < 1.29 is 19.0 Å². The number of aliphatic carboxylic acids is 1. The number of benzene rings is 1. The van der Waals surface area contributed by atoms with Crippen LogP contribution in [0.3, 0.4) is 0 Å². The van der Waals surface area contributed by atoms with Gasteiger partial charge in [0.15, 0.2) is 0 Å². The van der Waals surface area contributed by atoms with Crippen molar-refractivity contribution in [1.82, 2.24) is 0 Å². The Balaban J connectivity index is 2.55. The first-order valence-corrected chi connectivity index (χ1v) is 4.99. The fraction of sp³-hybridized carbons (Fsp3) is 0.100. The van der Waals surface area contributed by atoms with E-state index in [9.17, 15) is 9.18 Å². The Hall–Kier alpha value is -1.26. The highest BCUT2D eigenvalue weighted by Crippen LogP contribution is 2.36. The molecule has 3 nitrogen and oxygen atoms in total. The van der Waals surface area contributed by atoms with Gasteiger partial charge in [-0.3, -0.25) is 0 Å². The van der Waals surface area contributed by atoms with Crippen molar-refractivity contribution in [3.8, 4) is 5.75 Å². The highest BCUT2D eigenvalue weighted by Gasteiger charge is 2.27. The lowest BCUT2D eigenvalue weighted by Crippen LogP contribution is -2.22. The molecule has 2 rings (SSSR count). The van der Waals surface area contributed by atoms with Gasteiger partial charge >= 0.3 is 5.97 Å². The SMILES string of the molecule is O=C(O)C1=Cc2cc(Cl)c(Cl)cc2OC1F. The first-order valence-electron chi connectivity index (χ1n) is 4.23. The maximum absolute atomic E-state index is 13.3. The van der Waals surface area contributed by atoms with E-state index in [0.717, 1.165) is 0 Å². The molecule has 0 fully saturated rings. The third-order valence-electron chi connectivity index (χ3n) is 2.09. The number of carbonyl (C=O) groups is 1. The predicted molar refractivity (Wildman–Crippen MR) is 57.6 cm³/mol. The molecule has 1 N–H and O–H groups in total. The third kappa shape index (κ3) is 1.86. The second-order valence-corrected chi connectivity index (χ2v) is 3.96. The van der Waals surface area contributed by atoms with Crippen molar-refractivity contribution in [2.45, 2.75) is 6.36 Å². The number of carboxylic acids is 1. The van der Waals surface area contributed by atoms with Crippen molar-refractivity contribution in [2.75, 3.05) is 0 Å². The zero-order chi connectivity index (χ0) is 11.9. The third-order valence-corrected chi connectivity index (χ3v) is 2.81. The van der Waals surface area contributed by atoms with Gasteiger partial charge in [-0.2, -0.15) is 4.39 Å². The van der Waals surface area contributed by atoms with Crippen LogP contribution in [0.5, 0.6) is 5.75 Å². The molecule has 1 aromatic carbocycles. The molecule has 1 aromatic rings. The van der Waals surface area contributed by atoms with Gasteiger partial charge in [-0.25, -0.2) is 4.79 Å². The van der Waals surface area contributed by atoms with Gasteiger partial charge in [0, 0.05) is 11.6 Å². The Morgan fingerprint density at radius 2 is 2.00 bits per heavy atom. The van der Waals surface area contributed by atoms with Gasteiger partial charge in [0.2, 0.25) is 0 Å². The molecule has 1 unspecified atom stereocenters. The Morgan fingerprint density at radius 3 is 2.62 bits per heavy atom. The topological polar surface area (TPSA) is 46.5 Å². The normalized spacial score (nSPS) is 18.4. The lowest BCUT2D eigenvalue weighted by molar-refractivity contribution is -0.134. The zero-order valence-corrected chi connectivity index (χ0v) is 9.22. The largest absolute Gasteiger partial charge is 0.478 e. The zero-order valence-electron chi connectivity index (χ0n) is 7.71. The summed E-state index contributed by atoms with van der Waals surface area (Å²) in [4.78, 5) is 10.7. The van der Waals surface area contributed by atoms with E-state index >= 15 is 0 Å². The van der Waals surface area contributed by atoms with Crippen LogP contribution in [0.4, 0.5) is 4.39 Å². The highest BCUT2D eigenvalue weighted by atomic mass is 35.5. The van der Waals surface area contributed by atoms with Crippen molar-refractivity contribution in [2.24, 2.45) is 0 Å².